The molecule has 2 N–H and O–H groups in total. The molecule has 4 rings (SSSR count). The molecule has 2 unspecified atom stereocenters. The highest BCUT2D eigenvalue weighted by Gasteiger charge is 2.34. The average molecular weight is 329 g/mol. The summed E-state index contributed by atoms with van der Waals surface area (Å²) in [5.74, 6) is 0. The van der Waals surface area contributed by atoms with Gasteiger partial charge in [-0.25, -0.2) is 13.1 Å². The number of sulfonamides is 1. The lowest BCUT2D eigenvalue weighted by Crippen LogP contribution is -2.33. The number of aliphatic hydroxyl groups excluding tert-OH is 1. The quantitative estimate of drug-likeness (QED) is 0.906. The largest absolute Gasteiger partial charge is 0.391 e. The van der Waals surface area contributed by atoms with Crippen LogP contribution in [0.15, 0.2) is 47.4 Å². The monoisotopic (exact) mass is 329 g/mol. The number of hydrogen-bond donors (Lipinski definition) is 2. The van der Waals surface area contributed by atoms with Gasteiger partial charge in [0.15, 0.2) is 0 Å². The van der Waals surface area contributed by atoms with E-state index in [1.165, 1.54) is 5.56 Å². The smallest absolute Gasteiger partial charge is 0.241 e. The number of benzene rings is 2. The van der Waals surface area contributed by atoms with Crippen LogP contribution in [-0.2, 0) is 29.3 Å². The molecule has 0 heterocycles. The molecule has 5 heteroatoms. The summed E-state index contributed by atoms with van der Waals surface area (Å²) >= 11 is 0. The van der Waals surface area contributed by atoms with Crippen LogP contribution in [-0.4, -0.2) is 19.6 Å². The summed E-state index contributed by atoms with van der Waals surface area (Å²) in [6, 6.07) is 12.4. The summed E-state index contributed by atoms with van der Waals surface area (Å²) in [4.78, 5) is 0.287. The fourth-order valence-corrected chi connectivity index (χ4v) is 4.97. The molecule has 0 saturated heterocycles. The molecule has 0 radical (unpaired) electrons. The molecule has 23 heavy (non-hydrogen) atoms. The fourth-order valence-electron chi connectivity index (χ4n) is 3.67. The standard InChI is InChI=1S/C18H19NO3S/c20-17-11-14-4-1-2-7-16(14)18(17)19-23(21,22)15-9-8-12-5-3-6-13(12)10-15/h1-2,4,7-10,17-20H,3,5-6,11H2. The summed E-state index contributed by atoms with van der Waals surface area (Å²) in [7, 11) is -3.65. The zero-order valence-electron chi connectivity index (χ0n) is 12.7. The van der Waals surface area contributed by atoms with Crippen molar-refractivity contribution in [2.45, 2.75) is 42.7 Å². The molecule has 0 spiro atoms. The van der Waals surface area contributed by atoms with Crippen LogP contribution >= 0.6 is 0 Å². The zero-order chi connectivity index (χ0) is 16.0. The normalized spacial score (nSPS) is 22.8. The van der Waals surface area contributed by atoms with E-state index < -0.39 is 22.2 Å². The van der Waals surface area contributed by atoms with Gasteiger partial charge in [-0.3, -0.25) is 0 Å². The third-order valence-corrected chi connectivity index (χ3v) is 6.31. The highest BCUT2D eigenvalue weighted by molar-refractivity contribution is 7.89. The van der Waals surface area contributed by atoms with Crippen molar-refractivity contribution in [2.75, 3.05) is 0 Å². The zero-order valence-corrected chi connectivity index (χ0v) is 13.5. The van der Waals surface area contributed by atoms with E-state index in [4.69, 9.17) is 0 Å². The molecule has 2 atom stereocenters. The topological polar surface area (TPSA) is 66.4 Å². The second kappa shape index (κ2) is 5.44. The molecular weight excluding hydrogens is 310 g/mol. The van der Waals surface area contributed by atoms with Gasteiger partial charge in [0.1, 0.15) is 0 Å². The minimum Gasteiger partial charge on any atom is -0.391 e. The van der Waals surface area contributed by atoms with Gasteiger partial charge in [0.25, 0.3) is 0 Å². The molecule has 120 valence electrons. The van der Waals surface area contributed by atoms with Crippen LogP contribution in [0.4, 0.5) is 0 Å². The van der Waals surface area contributed by atoms with Crippen LogP contribution in [0.5, 0.6) is 0 Å². The van der Waals surface area contributed by atoms with Gasteiger partial charge in [0.2, 0.25) is 10.0 Å². The highest BCUT2D eigenvalue weighted by atomic mass is 32.2. The maximum absolute atomic E-state index is 12.7. The number of aryl methyl sites for hydroxylation is 2. The number of aliphatic hydroxyl groups is 1. The Bertz CT molecular complexity index is 860. The SMILES string of the molecule is O=S(=O)(NC1c2ccccc2CC1O)c1ccc2c(c1)CCC2. The first kappa shape index (κ1) is 14.9. The molecule has 4 nitrogen and oxygen atoms in total. The Balaban J connectivity index is 1.65. The molecule has 0 fully saturated rings. The maximum atomic E-state index is 12.7. The van der Waals surface area contributed by atoms with E-state index in [-0.39, 0.29) is 4.90 Å². The highest BCUT2D eigenvalue weighted by Crippen LogP contribution is 2.33. The van der Waals surface area contributed by atoms with Crippen molar-refractivity contribution in [3.05, 3.63) is 64.7 Å². The number of rotatable bonds is 3. The molecule has 0 saturated carbocycles. The number of fused-ring (bicyclic) bond motifs is 2. The van der Waals surface area contributed by atoms with Crippen molar-refractivity contribution in [1.29, 1.82) is 0 Å². The van der Waals surface area contributed by atoms with E-state index in [0.717, 1.165) is 36.0 Å². The van der Waals surface area contributed by atoms with Gasteiger partial charge in [-0.2, -0.15) is 0 Å². The molecule has 0 aromatic heterocycles. The van der Waals surface area contributed by atoms with E-state index >= 15 is 0 Å². The Morgan fingerprint density at radius 2 is 1.78 bits per heavy atom. The van der Waals surface area contributed by atoms with E-state index in [1.807, 2.05) is 30.3 Å². The van der Waals surface area contributed by atoms with Crippen LogP contribution in [0.1, 0.15) is 34.7 Å². The van der Waals surface area contributed by atoms with Crippen LogP contribution in [0, 0.1) is 0 Å². The summed E-state index contributed by atoms with van der Waals surface area (Å²) in [6.07, 6.45) is 2.80. The van der Waals surface area contributed by atoms with Crippen molar-refractivity contribution in [3.8, 4) is 0 Å². The van der Waals surface area contributed by atoms with Crippen molar-refractivity contribution in [2.24, 2.45) is 0 Å². The summed E-state index contributed by atoms with van der Waals surface area (Å²) < 4.78 is 28.1. The molecule has 0 bridgehead atoms. The van der Waals surface area contributed by atoms with Gasteiger partial charge in [0, 0.05) is 6.42 Å². The minimum atomic E-state index is -3.65. The van der Waals surface area contributed by atoms with Gasteiger partial charge in [-0.05, 0) is 53.6 Å². The van der Waals surface area contributed by atoms with E-state index in [9.17, 15) is 13.5 Å². The molecule has 2 aromatic rings. The van der Waals surface area contributed by atoms with Crippen LogP contribution < -0.4 is 4.72 Å². The third kappa shape index (κ3) is 2.59. The van der Waals surface area contributed by atoms with E-state index in [1.54, 1.807) is 12.1 Å². The molecule has 0 amide bonds. The van der Waals surface area contributed by atoms with Gasteiger partial charge in [0.05, 0.1) is 17.0 Å². The van der Waals surface area contributed by atoms with E-state index in [2.05, 4.69) is 4.72 Å². The number of hydrogen-bond acceptors (Lipinski definition) is 3. The minimum absolute atomic E-state index is 0.287. The molecule has 2 aromatic carbocycles. The first-order chi connectivity index (χ1) is 11.0. The molecule has 0 aliphatic heterocycles. The first-order valence-electron chi connectivity index (χ1n) is 7.94. The Kier molecular flexibility index (Phi) is 3.52. The summed E-state index contributed by atoms with van der Waals surface area (Å²) in [5, 5.41) is 10.2. The van der Waals surface area contributed by atoms with Crippen molar-refractivity contribution >= 4 is 10.0 Å². The third-order valence-electron chi connectivity index (χ3n) is 4.87. The Morgan fingerprint density at radius 3 is 2.65 bits per heavy atom. The van der Waals surface area contributed by atoms with Crippen LogP contribution in [0.3, 0.4) is 0 Å². The second-order valence-corrected chi connectivity index (χ2v) is 8.07. The lowest BCUT2D eigenvalue weighted by Gasteiger charge is -2.18. The van der Waals surface area contributed by atoms with E-state index in [0.29, 0.717) is 6.42 Å². The predicted molar refractivity (Wildman–Crippen MR) is 87.7 cm³/mol. The summed E-state index contributed by atoms with van der Waals surface area (Å²) in [6.45, 7) is 0. The summed E-state index contributed by atoms with van der Waals surface area (Å²) in [5.41, 5.74) is 4.24. The van der Waals surface area contributed by atoms with Crippen molar-refractivity contribution in [1.82, 2.24) is 4.72 Å². The fraction of sp³-hybridized carbons (Fsp3) is 0.333. The van der Waals surface area contributed by atoms with Crippen LogP contribution in [0.2, 0.25) is 0 Å². The first-order valence-corrected chi connectivity index (χ1v) is 9.43. The lowest BCUT2D eigenvalue weighted by atomic mass is 10.1. The van der Waals surface area contributed by atoms with Crippen LogP contribution in [0.25, 0.3) is 0 Å². The van der Waals surface area contributed by atoms with Crippen molar-refractivity contribution < 1.29 is 13.5 Å². The second-order valence-electron chi connectivity index (χ2n) is 6.35. The lowest BCUT2D eigenvalue weighted by molar-refractivity contribution is 0.151. The van der Waals surface area contributed by atoms with Gasteiger partial charge in [-0.1, -0.05) is 30.3 Å². The molecular formula is C18H19NO3S. The average Bonchev–Trinajstić information content (AvgIpc) is 3.11. The van der Waals surface area contributed by atoms with Gasteiger partial charge >= 0.3 is 0 Å². The van der Waals surface area contributed by atoms with Gasteiger partial charge in [-0.15, -0.1) is 0 Å². The Morgan fingerprint density at radius 1 is 1.00 bits per heavy atom. The van der Waals surface area contributed by atoms with Crippen molar-refractivity contribution in [3.63, 3.8) is 0 Å². The predicted octanol–water partition coefficient (Wildman–Crippen LogP) is 2.11. The van der Waals surface area contributed by atoms with Gasteiger partial charge < -0.3 is 5.11 Å². The molecule has 2 aliphatic carbocycles. The number of nitrogens with one attached hydrogen (secondary N) is 1. The maximum Gasteiger partial charge on any atom is 0.241 e. The molecule has 2 aliphatic rings. The Labute approximate surface area is 136 Å². The Hall–Kier alpha value is -1.69.